The van der Waals surface area contributed by atoms with E-state index in [-0.39, 0.29) is 18.4 Å². The Labute approximate surface area is 301 Å². The van der Waals surface area contributed by atoms with Crippen LogP contribution in [-0.4, -0.2) is 42.8 Å². The largest absolute Gasteiger partial charge is 0.497 e. The number of carbonyl (C=O) groups is 4. The van der Waals surface area contributed by atoms with Gasteiger partial charge in [0.15, 0.2) is 5.60 Å². The van der Waals surface area contributed by atoms with Crippen LogP contribution in [0.1, 0.15) is 73.7 Å². The molecule has 3 amide bonds. The zero-order chi connectivity index (χ0) is 37.2. The number of methoxy groups -OCH3 is 1. The van der Waals surface area contributed by atoms with Gasteiger partial charge in [0.1, 0.15) is 35.5 Å². The minimum atomic E-state index is -1.25. The number of ether oxygens (including phenoxy) is 5. The Morgan fingerprint density at radius 1 is 0.808 bits per heavy atom. The van der Waals surface area contributed by atoms with E-state index in [2.05, 4.69) is 16.0 Å². The Balaban J connectivity index is 1.11. The molecular weight excluding hydrogens is 666 g/mol. The fourth-order valence-electron chi connectivity index (χ4n) is 6.23. The van der Waals surface area contributed by atoms with Crippen molar-refractivity contribution in [2.24, 2.45) is 5.92 Å². The molecule has 4 aromatic rings. The minimum absolute atomic E-state index is 0.0410. The smallest absolute Gasteiger partial charge is 0.411 e. The van der Waals surface area contributed by atoms with E-state index in [4.69, 9.17) is 23.7 Å². The predicted molar refractivity (Wildman–Crippen MR) is 193 cm³/mol. The van der Waals surface area contributed by atoms with Crippen LogP contribution in [0.4, 0.5) is 21.0 Å². The maximum atomic E-state index is 13.1. The number of anilines is 2. The Kier molecular flexibility index (Phi) is 9.83. The van der Waals surface area contributed by atoms with Gasteiger partial charge in [0, 0.05) is 40.2 Å². The number of carbonyl (C=O) groups excluding carboxylic acids is 4. The average Bonchev–Trinajstić information content (AvgIpc) is 3.38. The highest BCUT2D eigenvalue weighted by molar-refractivity contribution is 5.98. The second kappa shape index (κ2) is 14.3. The molecule has 12 nitrogen and oxygen atoms in total. The van der Waals surface area contributed by atoms with Crippen LogP contribution >= 0.6 is 0 Å². The third kappa shape index (κ3) is 7.51. The summed E-state index contributed by atoms with van der Waals surface area (Å²) in [6.45, 7) is 9.14. The van der Waals surface area contributed by atoms with Crippen molar-refractivity contribution in [3.63, 3.8) is 0 Å². The van der Waals surface area contributed by atoms with Gasteiger partial charge in [-0.1, -0.05) is 44.2 Å². The molecule has 2 aliphatic rings. The van der Waals surface area contributed by atoms with Gasteiger partial charge in [-0.25, -0.2) is 14.4 Å². The number of rotatable bonds is 9. The summed E-state index contributed by atoms with van der Waals surface area (Å²) in [4.78, 5) is 51.4. The molecule has 12 heteroatoms. The van der Waals surface area contributed by atoms with Crippen LogP contribution in [0.15, 0.2) is 84.9 Å². The number of fused-ring (bicyclic) bond motifs is 6. The maximum absolute atomic E-state index is 13.1. The van der Waals surface area contributed by atoms with E-state index in [9.17, 15) is 19.2 Å². The first kappa shape index (κ1) is 35.8. The third-order valence-electron chi connectivity index (χ3n) is 8.47. The van der Waals surface area contributed by atoms with Gasteiger partial charge >= 0.3 is 18.2 Å². The molecule has 2 heterocycles. The van der Waals surface area contributed by atoms with Gasteiger partial charge in [-0.3, -0.25) is 10.1 Å². The lowest BCUT2D eigenvalue weighted by molar-refractivity contribution is -0.118. The molecule has 0 radical (unpaired) electrons. The lowest BCUT2D eigenvalue weighted by Gasteiger charge is -2.36. The first-order chi connectivity index (χ1) is 24.8. The van der Waals surface area contributed by atoms with Crippen molar-refractivity contribution in [1.29, 1.82) is 0 Å². The van der Waals surface area contributed by atoms with Gasteiger partial charge < -0.3 is 34.3 Å². The summed E-state index contributed by atoms with van der Waals surface area (Å²) in [5.41, 5.74) is 2.05. The zero-order valence-electron chi connectivity index (χ0n) is 29.8. The summed E-state index contributed by atoms with van der Waals surface area (Å²) in [6.07, 6.45) is -0.943. The van der Waals surface area contributed by atoms with Gasteiger partial charge in [-0.2, -0.15) is 0 Å². The Hall–Kier alpha value is -6.04. The van der Waals surface area contributed by atoms with Crippen molar-refractivity contribution in [2.75, 3.05) is 17.7 Å². The number of hydrogen-bond donors (Lipinski definition) is 3. The SMILES string of the molecule is COc1ccc2c(c1)Oc1cc(NC(=O)OCc3ccc(NC(=O)[C@H](CC(C)C)NC(=O)OC(C)(C)C)cc3)ccc1C21OC(=O)c2ccccc21. The van der Waals surface area contributed by atoms with Crippen LogP contribution in [0.25, 0.3) is 0 Å². The minimum Gasteiger partial charge on any atom is -0.497 e. The molecule has 0 bridgehead atoms. The molecule has 0 fully saturated rings. The molecule has 3 N–H and O–H groups in total. The van der Waals surface area contributed by atoms with Crippen LogP contribution in [-0.2, 0) is 31.2 Å². The quantitative estimate of drug-likeness (QED) is 0.117. The Morgan fingerprint density at radius 3 is 2.17 bits per heavy atom. The monoisotopic (exact) mass is 707 g/mol. The number of esters is 1. The highest BCUT2D eigenvalue weighted by atomic mass is 16.6. The Morgan fingerprint density at radius 2 is 1.48 bits per heavy atom. The second-order valence-corrected chi connectivity index (χ2v) is 14.0. The predicted octanol–water partition coefficient (Wildman–Crippen LogP) is 7.89. The first-order valence-corrected chi connectivity index (χ1v) is 16.9. The molecule has 2 aliphatic heterocycles. The van der Waals surface area contributed by atoms with Crippen molar-refractivity contribution in [2.45, 2.75) is 64.9 Å². The van der Waals surface area contributed by atoms with E-state index in [1.807, 2.05) is 32.0 Å². The van der Waals surface area contributed by atoms with Crippen molar-refractivity contribution in [1.82, 2.24) is 5.32 Å². The fraction of sp³-hybridized carbons (Fsp3) is 0.300. The third-order valence-corrected chi connectivity index (χ3v) is 8.47. The standard InChI is InChI=1S/C40H41N3O9/c1-23(2)19-32(43-38(47)52-39(3,4)5)35(44)41-25-13-11-24(12-14-25)22-49-37(46)42-26-15-17-30-33(20-26)50-34-21-27(48-6)16-18-31(34)40(30)29-10-8-7-9-28(29)36(45)51-40/h7-18,20-21,23,32H,19,22H2,1-6H3,(H,41,44)(H,42,46)(H,43,47)/t32-,40?/m0/s1. The van der Waals surface area contributed by atoms with Crippen LogP contribution in [0, 0.1) is 5.92 Å². The topological polar surface area (TPSA) is 151 Å². The second-order valence-electron chi connectivity index (χ2n) is 14.0. The molecule has 0 aromatic heterocycles. The normalized spacial score (nSPS) is 16.0. The highest BCUT2D eigenvalue weighted by Crippen LogP contribution is 2.56. The summed E-state index contributed by atoms with van der Waals surface area (Å²) in [5, 5.41) is 8.23. The van der Waals surface area contributed by atoms with Crippen LogP contribution < -0.4 is 25.4 Å². The molecule has 2 atom stereocenters. The van der Waals surface area contributed by atoms with E-state index in [1.54, 1.807) is 94.6 Å². The maximum Gasteiger partial charge on any atom is 0.411 e. The molecule has 6 rings (SSSR count). The molecule has 1 unspecified atom stereocenters. The molecule has 1 spiro atoms. The molecule has 0 aliphatic carbocycles. The van der Waals surface area contributed by atoms with E-state index in [1.165, 1.54) is 0 Å². The lowest BCUT2D eigenvalue weighted by Crippen LogP contribution is -2.46. The van der Waals surface area contributed by atoms with Crippen molar-refractivity contribution < 1.29 is 42.9 Å². The lowest BCUT2D eigenvalue weighted by atomic mass is 9.77. The number of hydrogen-bond acceptors (Lipinski definition) is 9. The van der Waals surface area contributed by atoms with Crippen LogP contribution in [0.2, 0.25) is 0 Å². The Bertz CT molecular complexity index is 2020. The fourth-order valence-corrected chi connectivity index (χ4v) is 6.23. The zero-order valence-corrected chi connectivity index (χ0v) is 29.8. The summed E-state index contributed by atoms with van der Waals surface area (Å²) in [7, 11) is 1.55. The van der Waals surface area contributed by atoms with E-state index >= 15 is 0 Å². The summed E-state index contributed by atoms with van der Waals surface area (Å²) in [6, 6.07) is 23.7. The number of alkyl carbamates (subject to hydrolysis) is 1. The number of nitrogens with one attached hydrogen (secondary N) is 3. The van der Waals surface area contributed by atoms with E-state index in [0.29, 0.717) is 62.9 Å². The number of amides is 3. The van der Waals surface area contributed by atoms with Crippen LogP contribution in [0.3, 0.4) is 0 Å². The van der Waals surface area contributed by atoms with Crippen LogP contribution in [0.5, 0.6) is 17.2 Å². The van der Waals surface area contributed by atoms with Crippen molar-refractivity contribution in [3.05, 3.63) is 113 Å². The summed E-state index contributed by atoms with van der Waals surface area (Å²) < 4.78 is 28.7. The highest BCUT2D eigenvalue weighted by Gasteiger charge is 2.53. The summed E-state index contributed by atoms with van der Waals surface area (Å²) >= 11 is 0. The molecule has 4 aromatic carbocycles. The van der Waals surface area contributed by atoms with Gasteiger partial charge in [0.2, 0.25) is 5.91 Å². The molecule has 0 saturated carbocycles. The molecule has 52 heavy (non-hydrogen) atoms. The average molecular weight is 708 g/mol. The van der Waals surface area contributed by atoms with Gasteiger partial charge in [-0.05, 0) is 81.1 Å². The van der Waals surface area contributed by atoms with E-state index < -0.39 is 35.4 Å². The molecule has 270 valence electrons. The van der Waals surface area contributed by atoms with Gasteiger partial charge in [-0.15, -0.1) is 0 Å². The molecule has 0 saturated heterocycles. The molecular formula is C40H41N3O9. The summed E-state index contributed by atoms with van der Waals surface area (Å²) in [5.74, 6) is 0.724. The van der Waals surface area contributed by atoms with E-state index in [0.717, 1.165) is 0 Å². The first-order valence-electron chi connectivity index (χ1n) is 16.9. The van der Waals surface area contributed by atoms with Gasteiger partial charge in [0.25, 0.3) is 0 Å². The van der Waals surface area contributed by atoms with Gasteiger partial charge in [0.05, 0.1) is 12.7 Å². The van der Waals surface area contributed by atoms with Crippen molar-refractivity contribution in [3.8, 4) is 17.2 Å². The van der Waals surface area contributed by atoms with Crippen molar-refractivity contribution >= 4 is 35.4 Å². The number of benzene rings is 4.